The molecule has 0 aliphatic heterocycles. The first-order chi connectivity index (χ1) is 9.72. The lowest BCUT2D eigenvalue weighted by atomic mass is 9.78. The Hall–Kier alpha value is -0.943. The van der Waals surface area contributed by atoms with E-state index in [9.17, 15) is 0 Å². The van der Waals surface area contributed by atoms with Crippen LogP contribution in [0.5, 0.6) is 0 Å². The summed E-state index contributed by atoms with van der Waals surface area (Å²) in [5.41, 5.74) is 2.67. The van der Waals surface area contributed by atoms with Gasteiger partial charge in [0.05, 0.1) is 0 Å². The van der Waals surface area contributed by atoms with Crippen LogP contribution in [-0.4, -0.2) is 28.6 Å². The van der Waals surface area contributed by atoms with E-state index in [-0.39, 0.29) is 0 Å². The molecule has 0 N–H and O–H groups in total. The molecule has 4 heteroatoms. The van der Waals surface area contributed by atoms with E-state index in [0.717, 1.165) is 11.6 Å². The molecule has 20 heavy (non-hydrogen) atoms. The summed E-state index contributed by atoms with van der Waals surface area (Å²) >= 11 is 0. The Labute approximate surface area is 122 Å². The number of benzene rings is 1. The van der Waals surface area contributed by atoms with Crippen molar-refractivity contribution in [3.8, 4) is 0 Å². The summed E-state index contributed by atoms with van der Waals surface area (Å²) in [6, 6.07) is 6.34. The van der Waals surface area contributed by atoms with Gasteiger partial charge in [-0.15, -0.1) is 6.58 Å². The maximum absolute atomic E-state index is 6.02. The molecule has 110 valence electrons. The third kappa shape index (κ3) is 2.61. The molecular weight excluding hydrogens is 268 g/mol. The molecule has 1 aromatic rings. The van der Waals surface area contributed by atoms with Crippen LogP contribution < -0.4 is 5.19 Å². The van der Waals surface area contributed by atoms with Gasteiger partial charge in [-0.05, 0) is 38.3 Å². The second-order valence-electron chi connectivity index (χ2n) is 4.78. The molecule has 3 nitrogen and oxygen atoms in total. The van der Waals surface area contributed by atoms with Gasteiger partial charge in [-0.3, -0.25) is 0 Å². The molecule has 1 atom stereocenters. The maximum Gasteiger partial charge on any atom is 0.537 e. The highest BCUT2D eigenvalue weighted by atomic mass is 28.4. The zero-order valence-corrected chi connectivity index (χ0v) is 13.6. The first kappa shape index (κ1) is 15.4. The Morgan fingerprint density at radius 2 is 1.75 bits per heavy atom. The van der Waals surface area contributed by atoms with E-state index in [1.807, 2.05) is 26.8 Å². The fourth-order valence-corrected chi connectivity index (χ4v) is 5.67. The Bertz CT molecular complexity index is 456. The minimum atomic E-state index is -2.80. The van der Waals surface area contributed by atoms with Gasteiger partial charge < -0.3 is 13.3 Å². The fraction of sp³-hybridized carbons (Fsp3) is 0.500. The minimum Gasteiger partial charge on any atom is -0.370 e. The highest BCUT2D eigenvalue weighted by molar-refractivity contribution is 6.76. The van der Waals surface area contributed by atoms with Crippen LogP contribution in [0, 0.1) is 0 Å². The zero-order chi connectivity index (χ0) is 14.6. The summed E-state index contributed by atoms with van der Waals surface area (Å²) in [6.07, 6.45) is 3.07. The van der Waals surface area contributed by atoms with E-state index in [1.54, 1.807) is 0 Å². The van der Waals surface area contributed by atoms with Crippen molar-refractivity contribution >= 4 is 14.0 Å². The minimum absolute atomic E-state index is 0.398. The normalized spacial score (nSPS) is 17.4. The average molecular weight is 292 g/mol. The van der Waals surface area contributed by atoms with Crippen LogP contribution in [0.25, 0.3) is 0 Å². The molecule has 1 aliphatic rings. The number of allylic oxidation sites excluding steroid dienone is 1. The highest BCUT2D eigenvalue weighted by Gasteiger charge is 2.47. The zero-order valence-electron chi connectivity index (χ0n) is 12.6. The van der Waals surface area contributed by atoms with E-state index < -0.39 is 8.80 Å². The molecule has 2 rings (SSSR count). The predicted octanol–water partition coefficient (Wildman–Crippen LogP) is 2.77. The lowest BCUT2D eigenvalue weighted by Crippen LogP contribution is -2.59. The fourth-order valence-electron chi connectivity index (χ4n) is 2.83. The SMILES string of the molecule is C=CC1Cc2cccc([Si](OCC)(OCC)OCC)c21. The van der Waals surface area contributed by atoms with Crippen molar-refractivity contribution in [3.05, 3.63) is 42.0 Å². The van der Waals surface area contributed by atoms with Crippen LogP contribution in [0.3, 0.4) is 0 Å². The van der Waals surface area contributed by atoms with E-state index in [4.69, 9.17) is 13.3 Å². The van der Waals surface area contributed by atoms with Gasteiger partial charge >= 0.3 is 8.80 Å². The van der Waals surface area contributed by atoms with Crippen molar-refractivity contribution in [1.82, 2.24) is 0 Å². The van der Waals surface area contributed by atoms with Gasteiger partial charge in [-0.1, -0.05) is 24.3 Å². The molecule has 0 saturated carbocycles. The van der Waals surface area contributed by atoms with Crippen molar-refractivity contribution in [3.63, 3.8) is 0 Å². The molecular formula is C16H24O3Si. The summed E-state index contributed by atoms with van der Waals surface area (Å²) in [5, 5.41) is 1.12. The number of hydrogen-bond donors (Lipinski definition) is 0. The van der Waals surface area contributed by atoms with Gasteiger partial charge in [0.25, 0.3) is 0 Å². The van der Waals surface area contributed by atoms with Crippen LogP contribution in [0.1, 0.15) is 37.8 Å². The molecule has 0 saturated heterocycles. The smallest absolute Gasteiger partial charge is 0.370 e. The second kappa shape index (κ2) is 6.67. The molecule has 0 amide bonds. The first-order valence-corrected chi connectivity index (χ1v) is 9.11. The summed E-state index contributed by atoms with van der Waals surface area (Å²) in [6.45, 7) is 11.7. The monoisotopic (exact) mass is 292 g/mol. The average Bonchev–Trinajstić information content (AvgIpc) is 2.41. The molecule has 0 radical (unpaired) electrons. The van der Waals surface area contributed by atoms with Crippen LogP contribution >= 0.6 is 0 Å². The molecule has 0 heterocycles. The molecule has 1 aliphatic carbocycles. The van der Waals surface area contributed by atoms with Gasteiger partial charge in [0.15, 0.2) is 0 Å². The second-order valence-corrected chi connectivity index (χ2v) is 7.30. The Balaban J connectivity index is 2.48. The van der Waals surface area contributed by atoms with Crippen molar-refractivity contribution in [2.24, 2.45) is 0 Å². The number of fused-ring (bicyclic) bond motifs is 1. The molecule has 1 unspecified atom stereocenters. The van der Waals surface area contributed by atoms with Crippen molar-refractivity contribution < 1.29 is 13.3 Å². The first-order valence-electron chi connectivity index (χ1n) is 7.39. The molecule has 1 aromatic carbocycles. The van der Waals surface area contributed by atoms with E-state index >= 15 is 0 Å². The maximum atomic E-state index is 6.02. The van der Waals surface area contributed by atoms with Gasteiger partial charge in [0, 0.05) is 30.9 Å². The quantitative estimate of drug-likeness (QED) is 0.545. The largest absolute Gasteiger partial charge is 0.537 e. The van der Waals surface area contributed by atoms with Gasteiger partial charge in [-0.25, -0.2) is 0 Å². The van der Waals surface area contributed by atoms with Crippen LogP contribution in [0.15, 0.2) is 30.9 Å². The van der Waals surface area contributed by atoms with E-state index in [1.165, 1.54) is 11.1 Å². The Morgan fingerprint density at radius 3 is 2.25 bits per heavy atom. The molecule has 0 aromatic heterocycles. The summed E-state index contributed by atoms with van der Waals surface area (Å²) < 4.78 is 18.1. The summed E-state index contributed by atoms with van der Waals surface area (Å²) in [7, 11) is -2.80. The molecule has 0 bridgehead atoms. The van der Waals surface area contributed by atoms with Crippen molar-refractivity contribution in [1.29, 1.82) is 0 Å². The van der Waals surface area contributed by atoms with Crippen LogP contribution in [-0.2, 0) is 19.7 Å². The van der Waals surface area contributed by atoms with Gasteiger partial charge in [-0.2, -0.15) is 0 Å². The Morgan fingerprint density at radius 1 is 1.15 bits per heavy atom. The number of rotatable bonds is 8. The van der Waals surface area contributed by atoms with Crippen LogP contribution in [0.2, 0.25) is 0 Å². The lowest BCUT2D eigenvalue weighted by molar-refractivity contribution is 0.0855. The van der Waals surface area contributed by atoms with Crippen molar-refractivity contribution in [2.75, 3.05) is 19.8 Å². The summed E-state index contributed by atoms with van der Waals surface area (Å²) in [5.74, 6) is 0.398. The molecule has 0 fully saturated rings. The summed E-state index contributed by atoms with van der Waals surface area (Å²) in [4.78, 5) is 0. The number of hydrogen-bond acceptors (Lipinski definition) is 3. The van der Waals surface area contributed by atoms with Crippen LogP contribution in [0.4, 0.5) is 0 Å². The van der Waals surface area contributed by atoms with Gasteiger partial charge in [0.2, 0.25) is 0 Å². The van der Waals surface area contributed by atoms with E-state index in [0.29, 0.717) is 25.7 Å². The Kier molecular flexibility index (Phi) is 5.15. The standard InChI is InChI=1S/C16H24O3Si/c1-5-13-12-14-10-9-11-15(16(13)14)20(17-6-2,18-7-3)19-8-4/h5,9-11,13H,1,6-8,12H2,2-4H3. The topological polar surface area (TPSA) is 27.7 Å². The highest BCUT2D eigenvalue weighted by Crippen LogP contribution is 2.36. The lowest BCUT2D eigenvalue weighted by Gasteiger charge is -2.36. The third-order valence-corrected chi connectivity index (χ3v) is 6.73. The van der Waals surface area contributed by atoms with Crippen molar-refractivity contribution in [2.45, 2.75) is 33.1 Å². The third-order valence-electron chi connectivity index (χ3n) is 3.62. The van der Waals surface area contributed by atoms with Gasteiger partial charge in [0.1, 0.15) is 0 Å². The predicted molar refractivity (Wildman–Crippen MR) is 83.4 cm³/mol. The molecule has 0 spiro atoms. The van der Waals surface area contributed by atoms with E-state index in [2.05, 4.69) is 24.8 Å².